The molecule has 0 radical (unpaired) electrons. The Morgan fingerprint density at radius 1 is 1.12 bits per heavy atom. The number of hydrogen-bond donors (Lipinski definition) is 0. The van der Waals surface area contributed by atoms with Crippen LogP contribution in [-0.2, 0) is 4.74 Å². The van der Waals surface area contributed by atoms with Gasteiger partial charge in [0, 0.05) is 12.7 Å². The number of hydrogen-bond acceptors (Lipinski definition) is 1. The number of rotatable bonds is 6. The van der Waals surface area contributed by atoms with E-state index in [0.717, 1.165) is 12.0 Å². The van der Waals surface area contributed by atoms with E-state index in [1.807, 2.05) is 30.3 Å². The van der Waals surface area contributed by atoms with Crippen molar-refractivity contribution in [2.24, 2.45) is 0 Å². The molecule has 1 rings (SSSR count). The van der Waals surface area contributed by atoms with E-state index in [9.17, 15) is 0 Å². The quantitative estimate of drug-likeness (QED) is 0.529. The summed E-state index contributed by atoms with van der Waals surface area (Å²) in [6.07, 6.45) is 6.18. The van der Waals surface area contributed by atoms with Crippen molar-refractivity contribution in [2.75, 3.05) is 7.11 Å². The normalized spacial score (nSPS) is 11.6. The highest BCUT2D eigenvalue weighted by Crippen LogP contribution is 2.07. The van der Waals surface area contributed by atoms with Crippen LogP contribution in [-0.4, -0.2) is 13.2 Å². The smallest absolute Gasteiger partial charge is 0.118 e. The number of ether oxygens (including phenoxy) is 1. The summed E-state index contributed by atoms with van der Waals surface area (Å²) >= 11 is 0. The average Bonchev–Trinajstić information content (AvgIpc) is 2.39. The van der Waals surface area contributed by atoms with Gasteiger partial charge in [-0.15, -0.1) is 0 Å². The lowest BCUT2D eigenvalue weighted by molar-refractivity contribution is 0.138. The summed E-state index contributed by atoms with van der Waals surface area (Å²) in [4.78, 5) is 0. The number of methoxy groups -OCH3 is 1. The van der Waals surface area contributed by atoms with Crippen molar-refractivity contribution >= 4 is 0 Å². The van der Waals surface area contributed by atoms with Gasteiger partial charge in [-0.25, -0.2) is 0 Å². The maximum absolute atomic E-state index is 5.38. The molecule has 0 saturated heterocycles. The molecule has 0 aliphatic carbocycles. The first-order valence-corrected chi connectivity index (χ1v) is 6.46. The minimum absolute atomic E-state index is 0.0760. The first-order valence-electron chi connectivity index (χ1n) is 6.46. The van der Waals surface area contributed by atoms with Crippen LogP contribution in [0.5, 0.6) is 0 Å². The zero-order valence-electron chi connectivity index (χ0n) is 10.9. The van der Waals surface area contributed by atoms with Crippen LogP contribution < -0.4 is 0 Å². The van der Waals surface area contributed by atoms with Crippen LogP contribution >= 0.6 is 0 Å². The molecule has 17 heavy (non-hydrogen) atoms. The van der Waals surface area contributed by atoms with Crippen molar-refractivity contribution in [1.29, 1.82) is 0 Å². The first kappa shape index (κ1) is 13.8. The van der Waals surface area contributed by atoms with Crippen LogP contribution in [0.3, 0.4) is 0 Å². The van der Waals surface area contributed by atoms with Gasteiger partial charge in [0.25, 0.3) is 0 Å². The van der Waals surface area contributed by atoms with Gasteiger partial charge < -0.3 is 4.74 Å². The molecule has 0 heterocycles. The predicted octanol–water partition coefficient (Wildman–Crippen LogP) is 4.02. The molecule has 0 spiro atoms. The maximum Gasteiger partial charge on any atom is 0.118 e. The standard InChI is InChI=1S/C16H22O/c1-3-4-5-9-12-16(17-2)14-13-15-10-7-6-8-11-15/h6-8,10-11,16H,3-5,9,12H2,1-2H3/t16-/m0/s1. The van der Waals surface area contributed by atoms with Gasteiger partial charge in [0.15, 0.2) is 0 Å². The fourth-order valence-corrected chi connectivity index (χ4v) is 1.69. The van der Waals surface area contributed by atoms with Crippen molar-refractivity contribution in [1.82, 2.24) is 0 Å². The van der Waals surface area contributed by atoms with Crippen molar-refractivity contribution in [3.8, 4) is 11.8 Å². The minimum atomic E-state index is 0.0760. The van der Waals surface area contributed by atoms with E-state index in [1.165, 1.54) is 25.7 Å². The molecule has 92 valence electrons. The van der Waals surface area contributed by atoms with E-state index in [1.54, 1.807) is 7.11 Å². The summed E-state index contributed by atoms with van der Waals surface area (Å²) in [5.41, 5.74) is 1.06. The predicted molar refractivity (Wildman–Crippen MR) is 72.9 cm³/mol. The fraction of sp³-hybridized carbons (Fsp3) is 0.500. The molecular formula is C16H22O. The van der Waals surface area contributed by atoms with Crippen molar-refractivity contribution in [2.45, 2.75) is 45.1 Å². The molecule has 0 unspecified atom stereocenters. The SMILES string of the molecule is CCCCCC[C@@H](C#Cc1ccccc1)OC. The second kappa shape index (κ2) is 8.84. The van der Waals surface area contributed by atoms with Crippen LogP contribution in [0, 0.1) is 11.8 Å². The fourth-order valence-electron chi connectivity index (χ4n) is 1.69. The van der Waals surface area contributed by atoms with Gasteiger partial charge in [0.1, 0.15) is 6.10 Å². The van der Waals surface area contributed by atoms with Crippen LogP contribution in [0.25, 0.3) is 0 Å². The van der Waals surface area contributed by atoms with Crippen molar-refractivity contribution < 1.29 is 4.74 Å². The van der Waals surface area contributed by atoms with Gasteiger partial charge >= 0.3 is 0 Å². The average molecular weight is 230 g/mol. The molecule has 0 aliphatic rings. The highest BCUT2D eigenvalue weighted by molar-refractivity contribution is 5.34. The Morgan fingerprint density at radius 2 is 1.88 bits per heavy atom. The van der Waals surface area contributed by atoms with Gasteiger partial charge in [-0.3, -0.25) is 0 Å². The Bertz CT molecular complexity index is 345. The first-order chi connectivity index (χ1) is 8.36. The molecule has 0 saturated carbocycles. The maximum atomic E-state index is 5.38. The topological polar surface area (TPSA) is 9.23 Å². The van der Waals surface area contributed by atoms with E-state index < -0.39 is 0 Å². The zero-order chi connectivity index (χ0) is 12.3. The third-order valence-electron chi connectivity index (χ3n) is 2.76. The molecule has 1 atom stereocenters. The van der Waals surface area contributed by atoms with Gasteiger partial charge in [0.05, 0.1) is 0 Å². The van der Waals surface area contributed by atoms with E-state index in [0.29, 0.717) is 0 Å². The summed E-state index contributed by atoms with van der Waals surface area (Å²) in [5, 5.41) is 0. The molecule has 1 aromatic carbocycles. The second-order valence-corrected chi connectivity index (χ2v) is 4.21. The Labute approximate surface area is 105 Å². The summed E-state index contributed by atoms with van der Waals surface area (Å²) in [6, 6.07) is 10.1. The van der Waals surface area contributed by atoms with Crippen LogP contribution in [0.15, 0.2) is 30.3 Å². The molecule has 1 heteroatoms. The van der Waals surface area contributed by atoms with E-state index in [2.05, 4.69) is 18.8 Å². The van der Waals surface area contributed by atoms with Gasteiger partial charge in [-0.05, 0) is 25.0 Å². The van der Waals surface area contributed by atoms with Crippen LogP contribution in [0.2, 0.25) is 0 Å². The Kier molecular flexibility index (Phi) is 7.18. The van der Waals surface area contributed by atoms with Crippen molar-refractivity contribution in [3.63, 3.8) is 0 Å². The highest BCUT2D eigenvalue weighted by atomic mass is 16.5. The van der Waals surface area contributed by atoms with Gasteiger partial charge in [0.2, 0.25) is 0 Å². The molecule has 1 aromatic rings. The molecule has 0 aromatic heterocycles. The largest absolute Gasteiger partial charge is 0.369 e. The molecule has 1 nitrogen and oxygen atoms in total. The minimum Gasteiger partial charge on any atom is -0.369 e. The molecule has 0 N–H and O–H groups in total. The summed E-state index contributed by atoms with van der Waals surface area (Å²) < 4.78 is 5.38. The lowest BCUT2D eigenvalue weighted by Crippen LogP contribution is -2.07. The van der Waals surface area contributed by atoms with Crippen LogP contribution in [0.1, 0.15) is 44.6 Å². The second-order valence-electron chi connectivity index (χ2n) is 4.21. The van der Waals surface area contributed by atoms with Crippen molar-refractivity contribution in [3.05, 3.63) is 35.9 Å². The molecule has 0 bridgehead atoms. The number of benzene rings is 1. The van der Waals surface area contributed by atoms with Crippen LogP contribution in [0.4, 0.5) is 0 Å². The monoisotopic (exact) mass is 230 g/mol. The van der Waals surface area contributed by atoms with Gasteiger partial charge in [-0.1, -0.05) is 56.2 Å². The summed E-state index contributed by atoms with van der Waals surface area (Å²) in [7, 11) is 1.74. The van der Waals surface area contributed by atoms with E-state index in [4.69, 9.17) is 4.74 Å². The highest BCUT2D eigenvalue weighted by Gasteiger charge is 2.01. The zero-order valence-corrected chi connectivity index (χ0v) is 10.9. The Morgan fingerprint density at radius 3 is 2.53 bits per heavy atom. The third kappa shape index (κ3) is 6.14. The van der Waals surface area contributed by atoms with Gasteiger partial charge in [-0.2, -0.15) is 0 Å². The molecule has 0 aliphatic heterocycles. The third-order valence-corrected chi connectivity index (χ3v) is 2.76. The number of unbranched alkanes of at least 4 members (excludes halogenated alkanes) is 3. The van der Waals surface area contributed by atoms with E-state index in [-0.39, 0.29) is 6.10 Å². The molecule has 0 amide bonds. The lowest BCUT2D eigenvalue weighted by Gasteiger charge is -2.07. The summed E-state index contributed by atoms with van der Waals surface area (Å²) in [6.45, 7) is 2.23. The van der Waals surface area contributed by atoms with E-state index >= 15 is 0 Å². The lowest BCUT2D eigenvalue weighted by atomic mass is 10.1. The molecular weight excluding hydrogens is 208 g/mol. The summed E-state index contributed by atoms with van der Waals surface area (Å²) in [5.74, 6) is 6.35. The molecule has 0 fully saturated rings. The Hall–Kier alpha value is -1.26. The Balaban J connectivity index is 2.39.